The van der Waals surface area contributed by atoms with Crippen molar-refractivity contribution >= 4 is 17.4 Å². The largest absolute Gasteiger partial charge is 0.362 e. The number of aromatic nitrogens is 3. The van der Waals surface area contributed by atoms with Gasteiger partial charge in [0.1, 0.15) is 40.7 Å². The summed E-state index contributed by atoms with van der Waals surface area (Å²) >= 11 is 5.58. The molecular weight excluding hydrogens is 456 g/mol. The van der Waals surface area contributed by atoms with E-state index < -0.39 is 47.3 Å². The van der Waals surface area contributed by atoms with Gasteiger partial charge in [-0.3, -0.25) is 4.79 Å². The zero-order valence-corrected chi connectivity index (χ0v) is 18.3. The summed E-state index contributed by atoms with van der Waals surface area (Å²) in [5.41, 5.74) is 1.32. The summed E-state index contributed by atoms with van der Waals surface area (Å²) in [6, 6.07) is 11.3. The van der Waals surface area contributed by atoms with E-state index in [0.717, 1.165) is 17.7 Å². The van der Waals surface area contributed by atoms with E-state index in [0.29, 0.717) is 6.42 Å². The maximum absolute atomic E-state index is 13.9. The molecule has 0 bridgehead atoms. The fraction of sp³-hybridized carbons (Fsp3) is 0.348. The minimum atomic E-state index is -0.887. The second kappa shape index (κ2) is 8.90. The third-order valence-electron chi connectivity index (χ3n) is 5.89. The molecule has 10 heteroatoms. The smallest absolute Gasteiger partial charge is 0.184 e. The van der Waals surface area contributed by atoms with Crippen LogP contribution >= 0.6 is 11.6 Å². The van der Waals surface area contributed by atoms with Crippen LogP contribution in [-0.2, 0) is 19.0 Å². The van der Waals surface area contributed by atoms with Crippen LogP contribution in [-0.4, -0.2) is 45.7 Å². The van der Waals surface area contributed by atoms with Crippen LogP contribution in [0.4, 0.5) is 8.78 Å². The Morgan fingerprint density at radius 1 is 1.15 bits per heavy atom. The van der Waals surface area contributed by atoms with Crippen LogP contribution < -0.4 is 0 Å². The summed E-state index contributed by atoms with van der Waals surface area (Å²) in [6.07, 6.45) is -0.347. The second-order valence-corrected chi connectivity index (χ2v) is 8.47. The van der Waals surface area contributed by atoms with Gasteiger partial charge in [-0.2, -0.15) is 0 Å². The number of hydrogen-bond acceptors (Lipinski definition) is 6. The van der Waals surface area contributed by atoms with Crippen molar-refractivity contribution in [3.63, 3.8) is 0 Å². The number of benzene rings is 2. The molecule has 7 nitrogen and oxygen atoms in total. The van der Waals surface area contributed by atoms with Crippen LogP contribution in [0.25, 0.3) is 11.3 Å². The van der Waals surface area contributed by atoms with Gasteiger partial charge in [0.25, 0.3) is 0 Å². The Hall–Kier alpha value is -2.72. The van der Waals surface area contributed by atoms with Gasteiger partial charge >= 0.3 is 0 Å². The molecule has 2 saturated heterocycles. The standard InChI is InChI=1S/C23H20ClF2N3O4/c1-12(30)19-9-18(22-20(32-19)11-31-23(33-22)13-5-3-2-4-6-13)29-10-17(27-28-29)14-7-15(25)21(24)16(26)8-14/h2-8,10,18-20,22-23H,9,11H2,1H3/t18-,19?,20-,22-,23?/m1/s1. The Kier molecular flexibility index (Phi) is 5.96. The van der Waals surface area contributed by atoms with E-state index in [1.165, 1.54) is 6.92 Å². The molecule has 0 N–H and O–H groups in total. The molecule has 0 amide bonds. The molecule has 5 rings (SSSR count). The lowest BCUT2D eigenvalue weighted by atomic mass is 9.93. The van der Waals surface area contributed by atoms with Crippen molar-refractivity contribution in [3.8, 4) is 11.3 Å². The quantitative estimate of drug-likeness (QED) is 0.524. The summed E-state index contributed by atoms with van der Waals surface area (Å²) in [5.74, 6) is -1.89. The van der Waals surface area contributed by atoms with Gasteiger partial charge in [-0.15, -0.1) is 5.10 Å². The Balaban J connectivity index is 1.46. The van der Waals surface area contributed by atoms with Crippen molar-refractivity contribution in [3.05, 3.63) is 70.9 Å². The number of Topliss-reactive ketones (excluding diaryl/α,β-unsaturated/α-hetero) is 1. The maximum atomic E-state index is 13.9. The van der Waals surface area contributed by atoms with Gasteiger partial charge in [-0.25, -0.2) is 13.5 Å². The number of nitrogens with zero attached hydrogens (tertiary/aromatic N) is 3. The van der Waals surface area contributed by atoms with Crippen molar-refractivity contribution in [2.75, 3.05) is 6.61 Å². The summed E-state index contributed by atoms with van der Waals surface area (Å²) in [5, 5.41) is 7.69. The van der Waals surface area contributed by atoms with Gasteiger partial charge in [-0.1, -0.05) is 47.1 Å². The molecule has 2 aliphatic rings. The number of fused-ring (bicyclic) bond motifs is 1. The first kappa shape index (κ1) is 22.1. The number of carbonyl (C=O) groups is 1. The lowest BCUT2D eigenvalue weighted by molar-refractivity contribution is -0.297. The van der Waals surface area contributed by atoms with Crippen LogP contribution in [0.1, 0.15) is 31.2 Å². The Morgan fingerprint density at radius 3 is 2.58 bits per heavy atom. The molecule has 172 valence electrons. The molecule has 2 unspecified atom stereocenters. The van der Waals surface area contributed by atoms with Crippen LogP contribution in [0.2, 0.25) is 5.02 Å². The molecular formula is C23H20ClF2N3O4. The molecule has 2 fully saturated rings. The van der Waals surface area contributed by atoms with E-state index in [4.69, 9.17) is 25.8 Å². The Morgan fingerprint density at radius 2 is 1.88 bits per heavy atom. The molecule has 0 saturated carbocycles. The molecule has 0 aliphatic carbocycles. The number of halogens is 3. The topological polar surface area (TPSA) is 75.5 Å². The number of ketones is 1. The highest BCUT2D eigenvalue weighted by atomic mass is 35.5. The van der Waals surface area contributed by atoms with E-state index in [-0.39, 0.29) is 23.6 Å². The monoisotopic (exact) mass is 475 g/mol. The molecule has 33 heavy (non-hydrogen) atoms. The van der Waals surface area contributed by atoms with Crippen LogP contribution in [0, 0.1) is 11.6 Å². The minimum absolute atomic E-state index is 0.120. The number of carbonyl (C=O) groups excluding carboxylic acids is 1. The first-order valence-electron chi connectivity index (χ1n) is 10.5. The van der Waals surface area contributed by atoms with Crippen molar-refractivity contribution in [2.45, 2.75) is 44.0 Å². The zero-order chi connectivity index (χ0) is 23.1. The lowest BCUT2D eigenvalue weighted by Gasteiger charge is -2.45. The molecule has 3 aromatic rings. The van der Waals surface area contributed by atoms with E-state index in [1.54, 1.807) is 10.9 Å². The van der Waals surface area contributed by atoms with E-state index >= 15 is 0 Å². The maximum Gasteiger partial charge on any atom is 0.184 e. The highest BCUT2D eigenvalue weighted by Crippen LogP contribution is 2.39. The summed E-state index contributed by atoms with van der Waals surface area (Å²) in [6.45, 7) is 1.70. The predicted molar refractivity (Wildman–Crippen MR) is 113 cm³/mol. The summed E-state index contributed by atoms with van der Waals surface area (Å²) in [7, 11) is 0. The number of rotatable bonds is 4. The van der Waals surface area contributed by atoms with Gasteiger partial charge in [0, 0.05) is 17.5 Å². The lowest BCUT2D eigenvalue weighted by Crippen LogP contribution is -2.54. The molecule has 0 spiro atoms. The van der Waals surface area contributed by atoms with E-state index in [9.17, 15) is 13.6 Å². The number of ether oxygens (including phenoxy) is 3. The van der Waals surface area contributed by atoms with Gasteiger partial charge in [0.2, 0.25) is 0 Å². The first-order chi connectivity index (χ1) is 15.9. The van der Waals surface area contributed by atoms with Gasteiger partial charge in [0.15, 0.2) is 12.1 Å². The average Bonchev–Trinajstić information content (AvgIpc) is 3.32. The Labute approximate surface area is 193 Å². The van der Waals surface area contributed by atoms with E-state index in [2.05, 4.69) is 10.3 Å². The third kappa shape index (κ3) is 4.29. The normalized spacial score (nSPS) is 27.2. The van der Waals surface area contributed by atoms with Crippen molar-refractivity contribution < 1.29 is 27.8 Å². The fourth-order valence-electron chi connectivity index (χ4n) is 4.20. The highest BCUT2D eigenvalue weighted by molar-refractivity contribution is 6.30. The first-order valence-corrected chi connectivity index (χ1v) is 10.8. The van der Waals surface area contributed by atoms with Gasteiger partial charge < -0.3 is 14.2 Å². The van der Waals surface area contributed by atoms with Crippen molar-refractivity contribution in [2.24, 2.45) is 0 Å². The third-order valence-corrected chi connectivity index (χ3v) is 6.25. The Bertz CT molecular complexity index is 1150. The van der Waals surface area contributed by atoms with Crippen LogP contribution in [0.5, 0.6) is 0 Å². The molecule has 0 radical (unpaired) electrons. The number of hydrogen-bond donors (Lipinski definition) is 0. The average molecular weight is 476 g/mol. The SMILES string of the molecule is CC(=O)C1C[C@@H](n2cc(-c3cc(F)c(Cl)c(F)c3)nn2)[C@H]2OC(c3ccccc3)OC[C@H]2O1. The molecule has 2 aromatic carbocycles. The van der Waals surface area contributed by atoms with Crippen LogP contribution in [0.3, 0.4) is 0 Å². The molecule has 1 aromatic heterocycles. The molecule has 2 aliphatic heterocycles. The van der Waals surface area contributed by atoms with Crippen LogP contribution in [0.15, 0.2) is 48.7 Å². The minimum Gasteiger partial charge on any atom is -0.362 e. The second-order valence-electron chi connectivity index (χ2n) is 8.09. The summed E-state index contributed by atoms with van der Waals surface area (Å²) < 4.78 is 47.5. The fourth-order valence-corrected chi connectivity index (χ4v) is 4.31. The zero-order valence-electron chi connectivity index (χ0n) is 17.5. The van der Waals surface area contributed by atoms with Crippen molar-refractivity contribution in [1.82, 2.24) is 15.0 Å². The predicted octanol–water partition coefficient (Wildman–Crippen LogP) is 4.28. The van der Waals surface area contributed by atoms with Crippen molar-refractivity contribution in [1.29, 1.82) is 0 Å². The van der Waals surface area contributed by atoms with E-state index in [1.807, 2.05) is 30.3 Å². The van der Waals surface area contributed by atoms with Gasteiger partial charge in [-0.05, 0) is 19.1 Å². The highest BCUT2D eigenvalue weighted by Gasteiger charge is 2.46. The summed E-state index contributed by atoms with van der Waals surface area (Å²) in [4.78, 5) is 12.1. The molecule has 5 atom stereocenters. The van der Waals surface area contributed by atoms with Gasteiger partial charge in [0.05, 0.1) is 18.8 Å². The molecule has 3 heterocycles.